The molecule has 0 aromatic heterocycles. The van der Waals surface area contributed by atoms with Crippen LogP contribution in [-0.2, 0) is 6.61 Å². The summed E-state index contributed by atoms with van der Waals surface area (Å²) in [5.74, 6) is 0.883. The zero-order valence-corrected chi connectivity index (χ0v) is 13.2. The molecule has 2 rings (SSSR count). The Morgan fingerprint density at radius 2 is 1.79 bits per heavy atom. The van der Waals surface area contributed by atoms with Crippen molar-refractivity contribution in [1.82, 2.24) is 0 Å². The summed E-state index contributed by atoms with van der Waals surface area (Å²) < 4.78 is 6.86. The van der Waals surface area contributed by atoms with Gasteiger partial charge in [0, 0.05) is 20.7 Å². The third-order valence-electron chi connectivity index (χ3n) is 2.87. The van der Waals surface area contributed by atoms with Crippen LogP contribution in [0.2, 0.25) is 5.02 Å². The molecule has 19 heavy (non-hydrogen) atoms. The fraction of sp³-hybridized carbons (Fsp3) is 0.200. The molecular formula is C15H15BrClNO. The maximum Gasteiger partial charge on any atom is 0.125 e. The van der Waals surface area contributed by atoms with E-state index in [0.29, 0.717) is 6.61 Å². The van der Waals surface area contributed by atoms with Crippen LogP contribution in [0.4, 0.5) is 5.69 Å². The molecule has 0 aliphatic rings. The number of halogens is 2. The van der Waals surface area contributed by atoms with Crippen molar-refractivity contribution in [2.75, 3.05) is 5.73 Å². The molecule has 0 saturated carbocycles. The molecule has 4 heteroatoms. The molecular weight excluding hydrogens is 326 g/mol. The second-order valence-electron chi connectivity index (χ2n) is 4.51. The van der Waals surface area contributed by atoms with Crippen molar-refractivity contribution in [3.05, 3.63) is 56.5 Å². The smallest absolute Gasteiger partial charge is 0.125 e. The van der Waals surface area contributed by atoms with Gasteiger partial charge >= 0.3 is 0 Å². The van der Waals surface area contributed by atoms with Crippen LogP contribution in [0.5, 0.6) is 5.75 Å². The molecule has 0 aliphatic heterocycles. The molecule has 0 atom stereocenters. The van der Waals surface area contributed by atoms with Gasteiger partial charge < -0.3 is 10.5 Å². The number of hydrogen-bond acceptors (Lipinski definition) is 2. The topological polar surface area (TPSA) is 35.2 Å². The van der Waals surface area contributed by atoms with E-state index in [2.05, 4.69) is 15.9 Å². The molecule has 100 valence electrons. The van der Waals surface area contributed by atoms with Gasteiger partial charge in [0.1, 0.15) is 12.4 Å². The first-order chi connectivity index (χ1) is 8.97. The molecule has 0 aliphatic carbocycles. The van der Waals surface area contributed by atoms with Crippen molar-refractivity contribution in [2.24, 2.45) is 0 Å². The monoisotopic (exact) mass is 339 g/mol. The van der Waals surface area contributed by atoms with Gasteiger partial charge in [-0.2, -0.15) is 0 Å². The minimum atomic E-state index is 0.490. The Bertz CT molecular complexity index is 590. The Hall–Kier alpha value is -1.19. The lowest BCUT2D eigenvalue weighted by molar-refractivity contribution is 0.301. The highest BCUT2D eigenvalue weighted by molar-refractivity contribution is 9.10. The predicted octanol–water partition coefficient (Wildman–Crippen LogP) is 4.88. The van der Waals surface area contributed by atoms with E-state index in [1.54, 1.807) is 0 Å². The fourth-order valence-corrected chi connectivity index (χ4v) is 2.79. The minimum absolute atomic E-state index is 0.490. The Labute approximate surface area is 126 Å². The molecule has 0 unspecified atom stereocenters. The summed E-state index contributed by atoms with van der Waals surface area (Å²) in [5.41, 5.74) is 9.58. The number of anilines is 1. The third-order valence-corrected chi connectivity index (χ3v) is 3.83. The average Bonchev–Trinajstić information content (AvgIpc) is 2.30. The maximum absolute atomic E-state index is 6.01. The summed E-state index contributed by atoms with van der Waals surface area (Å²) >= 11 is 9.49. The number of aryl methyl sites for hydroxylation is 2. The van der Waals surface area contributed by atoms with Crippen molar-refractivity contribution in [3.63, 3.8) is 0 Å². The first-order valence-corrected chi connectivity index (χ1v) is 7.08. The standard InChI is InChI=1S/C15H15BrClNO/c1-9-5-12(17)6-10(2)15(9)19-8-11-3-4-13(18)7-14(11)16/h3-7H,8,18H2,1-2H3. The Morgan fingerprint density at radius 1 is 1.16 bits per heavy atom. The molecule has 0 heterocycles. The molecule has 0 spiro atoms. The highest BCUT2D eigenvalue weighted by atomic mass is 79.9. The lowest BCUT2D eigenvalue weighted by Crippen LogP contribution is -2.00. The van der Waals surface area contributed by atoms with Gasteiger partial charge in [-0.15, -0.1) is 0 Å². The molecule has 2 aromatic rings. The van der Waals surface area contributed by atoms with Crippen molar-refractivity contribution >= 4 is 33.2 Å². The fourth-order valence-electron chi connectivity index (χ4n) is 1.96. The van der Waals surface area contributed by atoms with Gasteiger partial charge in [0.2, 0.25) is 0 Å². The first-order valence-electron chi connectivity index (χ1n) is 5.91. The number of ether oxygens (including phenoxy) is 1. The number of nitrogens with two attached hydrogens (primary N) is 1. The van der Waals surface area contributed by atoms with Crippen LogP contribution < -0.4 is 10.5 Å². The van der Waals surface area contributed by atoms with Gasteiger partial charge in [0.25, 0.3) is 0 Å². The molecule has 2 nitrogen and oxygen atoms in total. The van der Waals surface area contributed by atoms with Gasteiger partial charge in [0.15, 0.2) is 0 Å². The zero-order valence-electron chi connectivity index (χ0n) is 10.8. The van der Waals surface area contributed by atoms with Gasteiger partial charge in [-0.1, -0.05) is 33.6 Å². The zero-order chi connectivity index (χ0) is 14.0. The quantitative estimate of drug-likeness (QED) is 0.808. The Morgan fingerprint density at radius 3 is 2.37 bits per heavy atom. The van der Waals surface area contributed by atoms with E-state index < -0.39 is 0 Å². The number of hydrogen-bond donors (Lipinski definition) is 1. The average molecular weight is 341 g/mol. The van der Waals surface area contributed by atoms with Crippen LogP contribution in [0.25, 0.3) is 0 Å². The van der Waals surface area contributed by atoms with Crippen LogP contribution in [0.1, 0.15) is 16.7 Å². The number of nitrogen functional groups attached to an aromatic ring is 1. The van der Waals surface area contributed by atoms with E-state index in [-0.39, 0.29) is 0 Å². The molecule has 0 radical (unpaired) electrons. The molecule has 0 bridgehead atoms. The molecule has 0 fully saturated rings. The van der Waals surface area contributed by atoms with Crippen LogP contribution in [0.3, 0.4) is 0 Å². The van der Waals surface area contributed by atoms with Crippen LogP contribution >= 0.6 is 27.5 Å². The second-order valence-corrected chi connectivity index (χ2v) is 5.80. The maximum atomic E-state index is 6.01. The highest BCUT2D eigenvalue weighted by Crippen LogP contribution is 2.29. The SMILES string of the molecule is Cc1cc(Cl)cc(C)c1OCc1ccc(N)cc1Br. The van der Waals surface area contributed by atoms with Crippen LogP contribution in [-0.4, -0.2) is 0 Å². The molecule has 2 aromatic carbocycles. The number of benzene rings is 2. The van der Waals surface area contributed by atoms with Crippen molar-refractivity contribution in [2.45, 2.75) is 20.5 Å². The van der Waals surface area contributed by atoms with Gasteiger partial charge in [0.05, 0.1) is 0 Å². The van der Waals surface area contributed by atoms with E-state index in [1.165, 1.54) is 0 Å². The van der Waals surface area contributed by atoms with Crippen molar-refractivity contribution in [1.29, 1.82) is 0 Å². The molecule has 0 amide bonds. The van der Waals surface area contributed by atoms with Crippen LogP contribution in [0, 0.1) is 13.8 Å². The largest absolute Gasteiger partial charge is 0.488 e. The van der Waals surface area contributed by atoms with Crippen molar-refractivity contribution < 1.29 is 4.74 Å². The van der Waals surface area contributed by atoms with Gasteiger partial charge in [-0.3, -0.25) is 0 Å². The highest BCUT2D eigenvalue weighted by Gasteiger charge is 2.07. The summed E-state index contributed by atoms with van der Waals surface area (Å²) in [6, 6.07) is 9.51. The number of rotatable bonds is 3. The Balaban J connectivity index is 2.19. The molecule has 0 saturated heterocycles. The van der Waals surface area contributed by atoms with Gasteiger partial charge in [-0.25, -0.2) is 0 Å². The lowest BCUT2D eigenvalue weighted by atomic mass is 10.1. The van der Waals surface area contributed by atoms with Crippen molar-refractivity contribution in [3.8, 4) is 5.75 Å². The van der Waals surface area contributed by atoms with E-state index in [0.717, 1.165) is 37.6 Å². The van der Waals surface area contributed by atoms with E-state index in [9.17, 15) is 0 Å². The van der Waals surface area contributed by atoms with E-state index >= 15 is 0 Å². The second kappa shape index (κ2) is 5.85. The van der Waals surface area contributed by atoms with E-state index in [4.69, 9.17) is 22.1 Å². The summed E-state index contributed by atoms with van der Waals surface area (Å²) in [6.45, 7) is 4.47. The summed E-state index contributed by atoms with van der Waals surface area (Å²) in [7, 11) is 0. The Kier molecular flexibility index (Phi) is 4.38. The normalized spacial score (nSPS) is 10.5. The minimum Gasteiger partial charge on any atom is -0.488 e. The predicted molar refractivity (Wildman–Crippen MR) is 83.8 cm³/mol. The summed E-state index contributed by atoms with van der Waals surface area (Å²) in [4.78, 5) is 0. The first kappa shape index (κ1) is 14.2. The van der Waals surface area contributed by atoms with Crippen LogP contribution in [0.15, 0.2) is 34.8 Å². The van der Waals surface area contributed by atoms with Gasteiger partial charge in [-0.05, 0) is 49.2 Å². The summed E-state index contributed by atoms with van der Waals surface area (Å²) in [6.07, 6.45) is 0. The van der Waals surface area contributed by atoms with E-state index in [1.807, 2.05) is 44.2 Å². The third kappa shape index (κ3) is 3.43. The molecule has 2 N–H and O–H groups in total. The lowest BCUT2D eigenvalue weighted by Gasteiger charge is -2.13. The summed E-state index contributed by atoms with van der Waals surface area (Å²) in [5, 5.41) is 0.732.